The van der Waals surface area contributed by atoms with E-state index in [1.54, 1.807) is 6.08 Å². The molecule has 3 rings (SSSR count). The number of ketones is 1. The first-order valence-corrected chi connectivity index (χ1v) is 8.05. The molecular weight excluding hydrogens is 284 g/mol. The fourth-order valence-corrected chi connectivity index (χ4v) is 2.98. The highest BCUT2D eigenvalue weighted by atomic mass is 16.1. The van der Waals surface area contributed by atoms with Gasteiger partial charge < -0.3 is 4.90 Å². The Kier molecular flexibility index (Phi) is 4.89. The van der Waals surface area contributed by atoms with Gasteiger partial charge in [0.2, 0.25) is 0 Å². The Morgan fingerprint density at radius 1 is 1.04 bits per heavy atom. The second kappa shape index (κ2) is 7.25. The Morgan fingerprint density at radius 2 is 1.78 bits per heavy atom. The molecule has 23 heavy (non-hydrogen) atoms. The van der Waals surface area contributed by atoms with Crippen LogP contribution < -0.4 is 0 Å². The van der Waals surface area contributed by atoms with E-state index in [0.29, 0.717) is 0 Å². The van der Waals surface area contributed by atoms with Gasteiger partial charge in [-0.2, -0.15) is 0 Å². The van der Waals surface area contributed by atoms with Crippen molar-refractivity contribution in [1.29, 1.82) is 0 Å². The number of hydrogen-bond donors (Lipinski definition) is 0. The maximum absolute atomic E-state index is 12.5. The molecular formula is C20H22N2O. The number of piperazine rings is 1. The number of carbonyl (C=O) groups is 1. The highest BCUT2D eigenvalue weighted by molar-refractivity contribution is 6.13. The second-order valence-corrected chi connectivity index (χ2v) is 5.83. The molecule has 0 saturated carbocycles. The van der Waals surface area contributed by atoms with Gasteiger partial charge in [0.1, 0.15) is 0 Å². The molecule has 1 aliphatic heterocycles. The molecule has 118 valence electrons. The van der Waals surface area contributed by atoms with Gasteiger partial charge in [-0.3, -0.25) is 9.69 Å². The van der Waals surface area contributed by atoms with Crippen LogP contribution in [-0.2, 0) is 0 Å². The number of benzene rings is 2. The van der Waals surface area contributed by atoms with Crippen molar-refractivity contribution in [2.24, 2.45) is 0 Å². The molecule has 0 radical (unpaired) electrons. The maximum atomic E-state index is 12.5. The van der Waals surface area contributed by atoms with Gasteiger partial charge in [0, 0.05) is 50.6 Å². The van der Waals surface area contributed by atoms with Gasteiger partial charge in [-0.1, -0.05) is 48.5 Å². The van der Waals surface area contributed by atoms with Gasteiger partial charge in [0.25, 0.3) is 0 Å². The molecule has 0 bridgehead atoms. The number of allylic oxidation sites excluding steroid dienone is 1. The van der Waals surface area contributed by atoms with Crippen molar-refractivity contribution >= 4 is 16.6 Å². The lowest BCUT2D eigenvalue weighted by molar-refractivity contribution is 0.104. The summed E-state index contributed by atoms with van der Waals surface area (Å²) in [6.45, 7) is 8.64. The fraction of sp³-hybridized carbons (Fsp3) is 0.250. The first-order valence-electron chi connectivity index (χ1n) is 8.05. The Balaban J connectivity index is 1.68. The van der Waals surface area contributed by atoms with Crippen molar-refractivity contribution in [3.05, 3.63) is 73.0 Å². The number of fused-ring (bicyclic) bond motifs is 1. The zero-order valence-electron chi connectivity index (χ0n) is 13.3. The van der Waals surface area contributed by atoms with Crippen molar-refractivity contribution in [3.8, 4) is 0 Å². The Bertz CT molecular complexity index is 722. The Hall–Kier alpha value is -2.39. The van der Waals surface area contributed by atoms with Crippen LogP contribution in [0.15, 0.2) is 67.4 Å². The quantitative estimate of drug-likeness (QED) is 0.481. The molecule has 0 spiro atoms. The van der Waals surface area contributed by atoms with Crippen molar-refractivity contribution in [2.75, 3.05) is 32.7 Å². The second-order valence-electron chi connectivity index (χ2n) is 5.83. The molecule has 1 heterocycles. The minimum atomic E-state index is 0.0651. The molecule has 3 nitrogen and oxygen atoms in total. The standard InChI is InChI=1S/C20H22N2O/c1-2-11-21-13-15-22(16-14-21)12-10-20(23)19-9-5-7-17-6-3-4-8-18(17)19/h2-10,12H,1,11,13-16H2. The first-order chi connectivity index (χ1) is 11.3. The van der Waals surface area contributed by atoms with Crippen LogP contribution in [0.2, 0.25) is 0 Å². The van der Waals surface area contributed by atoms with Crippen LogP contribution in [0.3, 0.4) is 0 Å². The predicted octanol–water partition coefficient (Wildman–Crippen LogP) is 3.34. The monoisotopic (exact) mass is 306 g/mol. The largest absolute Gasteiger partial charge is 0.375 e. The lowest BCUT2D eigenvalue weighted by atomic mass is 10.0. The van der Waals surface area contributed by atoms with Crippen LogP contribution >= 0.6 is 0 Å². The minimum absolute atomic E-state index is 0.0651. The predicted molar refractivity (Wildman–Crippen MR) is 95.6 cm³/mol. The third kappa shape index (κ3) is 3.69. The topological polar surface area (TPSA) is 23.6 Å². The SMILES string of the molecule is C=CCN1CCN(C=CC(=O)c2cccc3ccccc23)CC1. The molecule has 0 aromatic heterocycles. The Morgan fingerprint density at radius 3 is 2.57 bits per heavy atom. The molecule has 0 atom stereocenters. The lowest BCUT2D eigenvalue weighted by Crippen LogP contribution is -2.43. The number of hydrogen-bond acceptors (Lipinski definition) is 3. The summed E-state index contributed by atoms with van der Waals surface area (Å²) in [5.74, 6) is 0.0651. The average Bonchev–Trinajstić information content (AvgIpc) is 2.60. The van der Waals surface area contributed by atoms with E-state index in [1.807, 2.05) is 54.7 Å². The van der Waals surface area contributed by atoms with Crippen LogP contribution in [0, 0.1) is 0 Å². The summed E-state index contributed by atoms with van der Waals surface area (Å²) >= 11 is 0. The van der Waals surface area contributed by atoms with Crippen LogP contribution in [0.4, 0.5) is 0 Å². The molecule has 0 aliphatic carbocycles. The van der Waals surface area contributed by atoms with Crippen molar-refractivity contribution in [1.82, 2.24) is 9.80 Å². The first kappa shape index (κ1) is 15.5. The van der Waals surface area contributed by atoms with Crippen molar-refractivity contribution < 1.29 is 4.79 Å². The zero-order valence-corrected chi connectivity index (χ0v) is 13.3. The molecule has 0 N–H and O–H groups in total. The third-order valence-electron chi connectivity index (χ3n) is 4.29. The summed E-state index contributed by atoms with van der Waals surface area (Å²) in [5.41, 5.74) is 0.768. The van der Waals surface area contributed by atoms with E-state index in [-0.39, 0.29) is 5.78 Å². The lowest BCUT2D eigenvalue weighted by Gasteiger charge is -2.33. The molecule has 1 aliphatic rings. The smallest absolute Gasteiger partial charge is 0.187 e. The van der Waals surface area contributed by atoms with Crippen molar-refractivity contribution in [3.63, 3.8) is 0 Å². The van der Waals surface area contributed by atoms with Crippen LogP contribution in [-0.4, -0.2) is 48.3 Å². The van der Waals surface area contributed by atoms with E-state index in [0.717, 1.165) is 49.1 Å². The summed E-state index contributed by atoms with van der Waals surface area (Å²) in [4.78, 5) is 17.1. The highest BCUT2D eigenvalue weighted by Crippen LogP contribution is 2.19. The van der Waals surface area contributed by atoms with E-state index in [1.165, 1.54) is 0 Å². The fourth-order valence-electron chi connectivity index (χ4n) is 2.98. The molecule has 2 aromatic rings. The summed E-state index contributed by atoms with van der Waals surface area (Å²) in [6, 6.07) is 13.9. The summed E-state index contributed by atoms with van der Waals surface area (Å²) in [7, 11) is 0. The maximum Gasteiger partial charge on any atom is 0.187 e. The van der Waals surface area contributed by atoms with Gasteiger partial charge in [0.05, 0.1) is 0 Å². The van der Waals surface area contributed by atoms with Gasteiger partial charge >= 0.3 is 0 Å². The summed E-state index contributed by atoms with van der Waals surface area (Å²) in [5, 5.41) is 2.12. The highest BCUT2D eigenvalue weighted by Gasteiger charge is 2.13. The number of rotatable bonds is 5. The molecule has 0 amide bonds. The van der Waals surface area contributed by atoms with E-state index in [2.05, 4.69) is 16.4 Å². The molecule has 2 aromatic carbocycles. The minimum Gasteiger partial charge on any atom is -0.375 e. The van der Waals surface area contributed by atoms with E-state index in [4.69, 9.17) is 0 Å². The third-order valence-corrected chi connectivity index (χ3v) is 4.29. The number of carbonyl (C=O) groups excluding carboxylic acids is 1. The van der Waals surface area contributed by atoms with E-state index in [9.17, 15) is 4.79 Å². The van der Waals surface area contributed by atoms with Gasteiger partial charge in [0.15, 0.2) is 5.78 Å². The average molecular weight is 306 g/mol. The van der Waals surface area contributed by atoms with Crippen LogP contribution in [0.25, 0.3) is 10.8 Å². The molecule has 1 saturated heterocycles. The van der Waals surface area contributed by atoms with Gasteiger partial charge in [-0.05, 0) is 10.8 Å². The number of nitrogens with zero attached hydrogens (tertiary/aromatic N) is 2. The normalized spacial score (nSPS) is 16.1. The zero-order chi connectivity index (χ0) is 16.1. The van der Waals surface area contributed by atoms with Crippen LogP contribution in [0.1, 0.15) is 10.4 Å². The summed E-state index contributed by atoms with van der Waals surface area (Å²) < 4.78 is 0. The van der Waals surface area contributed by atoms with Crippen molar-refractivity contribution in [2.45, 2.75) is 0 Å². The van der Waals surface area contributed by atoms with Gasteiger partial charge in [-0.25, -0.2) is 0 Å². The molecule has 3 heteroatoms. The van der Waals surface area contributed by atoms with E-state index < -0.39 is 0 Å². The van der Waals surface area contributed by atoms with E-state index >= 15 is 0 Å². The Labute approximate surface area is 137 Å². The summed E-state index contributed by atoms with van der Waals surface area (Å²) in [6.07, 6.45) is 5.58. The van der Waals surface area contributed by atoms with Crippen LogP contribution in [0.5, 0.6) is 0 Å². The molecule has 1 fully saturated rings. The molecule has 0 unspecified atom stereocenters. The van der Waals surface area contributed by atoms with Gasteiger partial charge in [-0.15, -0.1) is 6.58 Å².